The number of fused-ring (bicyclic) bond motifs is 2. The molecule has 0 atom stereocenters. The highest BCUT2D eigenvalue weighted by Gasteiger charge is 2.51. The molecule has 1 aromatic carbocycles. The molecule has 1 saturated heterocycles. The van der Waals surface area contributed by atoms with Crippen LogP contribution in [0.15, 0.2) is 34.0 Å². The Morgan fingerprint density at radius 2 is 1.62 bits per heavy atom. The number of carbonyl (C=O) groups is 2. The maximum absolute atomic E-state index is 15.2. The summed E-state index contributed by atoms with van der Waals surface area (Å²) in [5.41, 5.74) is -2.50. The van der Waals surface area contributed by atoms with Gasteiger partial charge >= 0.3 is 0 Å². The zero-order valence-corrected chi connectivity index (χ0v) is 23.7. The lowest BCUT2D eigenvalue weighted by molar-refractivity contribution is -0.0668. The molecule has 2 N–H and O–H groups in total. The summed E-state index contributed by atoms with van der Waals surface area (Å²) in [6.07, 6.45) is 3.64. The topological polar surface area (TPSA) is 118 Å². The van der Waals surface area contributed by atoms with Gasteiger partial charge in [0.05, 0.1) is 21.4 Å². The third-order valence-corrected chi connectivity index (χ3v) is 12.1. The lowest BCUT2D eigenvalue weighted by Crippen LogP contribution is -2.51. The molecule has 9 nitrogen and oxygen atoms in total. The van der Waals surface area contributed by atoms with Gasteiger partial charge in [-0.1, -0.05) is 0 Å². The van der Waals surface area contributed by atoms with E-state index >= 15 is 4.39 Å². The Kier molecular flexibility index (Phi) is 5.94. The standard InChI is InChI=1S/C29H31F3N4O5S/c30-20-16-21(26(39)36-23(20)25(38)34-29(36)9-7-28(31,32)8-10-29)33-24(37)19-4-3-18(42(40,41)17-1-2-17)15-22(19)35-13-11-27(5-6-27)12-14-35/h3-4,15-17H,1-2,5-14H2,(H,33,37)(H,34,38). The first-order chi connectivity index (χ1) is 19.8. The van der Waals surface area contributed by atoms with Crippen molar-refractivity contribution in [2.24, 2.45) is 5.41 Å². The molecule has 5 aliphatic rings. The number of anilines is 2. The van der Waals surface area contributed by atoms with Crippen molar-refractivity contribution in [1.29, 1.82) is 0 Å². The highest BCUT2D eigenvalue weighted by atomic mass is 32.2. The molecule has 2 amide bonds. The second-order valence-corrected chi connectivity index (χ2v) is 14.8. The molecule has 13 heteroatoms. The Balaban J connectivity index is 1.24. The van der Waals surface area contributed by atoms with Crippen LogP contribution in [0.4, 0.5) is 24.5 Å². The lowest BCUT2D eigenvalue weighted by atomic mass is 9.86. The number of hydrogen-bond donors (Lipinski definition) is 2. The number of sulfone groups is 1. The maximum Gasteiger partial charge on any atom is 0.277 e. The zero-order valence-electron chi connectivity index (χ0n) is 22.8. The molecule has 0 radical (unpaired) electrons. The number of pyridine rings is 1. The van der Waals surface area contributed by atoms with Gasteiger partial charge in [0, 0.05) is 32.0 Å². The molecule has 3 saturated carbocycles. The molecule has 7 rings (SSSR count). The van der Waals surface area contributed by atoms with Gasteiger partial charge in [-0.15, -0.1) is 0 Å². The smallest absolute Gasteiger partial charge is 0.277 e. The number of halogens is 3. The van der Waals surface area contributed by atoms with Crippen LogP contribution in [0.2, 0.25) is 0 Å². The molecule has 0 unspecified atom stereocenters. The summed E-state index contributed by atoms with van der Waals surface area (Å²) in [6.45, 7) is 1.29. The SMILES string of the molecule is O=C(Nc1cc(F)c2n(c1=O)C1(CCC(F)(F)CC1)NC2=O)c1ccc(S(=O)(=O)C2CC2)cc1N1CCC2(CC1)CC2. The molecule has 2 aromatic rings. The highest BCUT2D eigenvalue weighted by Crippen LogP contribution is 2.54. The second-order valence-electron chi connectivity index (χ2n) is 12.6. The molecule has 224 valence electrons. The molecule has 3 heterocycles. The van der Waals surface area contributed by atoms with E-state index in [0.29, 0.717) is 37.0 Å². The van der Waals surface area contributed by atoms with E-state index in [2.05, 4.69) is 10.6 Å². The van der Waals surface area contributed by atoms with Gasteiger partial charge in [-0.2, -0.15) is 0 Å². The second kappa shape index (κ2) is 9.08. The number of carbonyl (C=O) groups excluding carboxylic acids is 2. The number of nitrogens with one attached hydrogen (secondary N) is 2. The molecule has 1 aromatic heterocycles. The van der Waals surface area contributed by atoms with Crippen LogP contribution in [0.3, 0.4) is 0 Å². The fourth-order valence-corrected chi connectivity index (χ4v) is 8.47. The van der Waals surface area contributed by atoms with Gasteiger partial charge < -0.3 is 15.5 Å². The number of hydrogen-bond acceptors (Lipinski definition) is 6. The summed E-state index contributed by atoms with van der Waals surface area (Å²) < 4.78 is 70.1. The Morgan fingerprint density at radius 3 is 2.24 bits per heavy atom. The summed E-state index contributed by atoms with van der Waals surface area (Å²) >= 11 is 0. The van der Waals surface area contributed by atoms with E-state index in [4.69, 9.17) is 0 Å². The van der Waals surface area contributed by atoms with E-state index < -0.39 is 74.1 Å². The fourth-order valence-electron chi connectivity index (χ4n) is 6.80. The monoisotopic (exact) mass is 604 g/mol. The molecule has 0 bridgehead atoms. The third-order valence-electron chi connectivity index (χ3n) is 9.83. The van der Waals surface area contributed by atoms with Gasteiger partial charge in [-0.25, -0.2) is 21.6 Å². The van der Waals surface area contributed by atoms with Crippen LogP contribution < -0.4 is 21.1 Å². The quantitative estimate of drug-likeness (QED) is 0.530. The number of aromatic nitrogens is 1. The van der Waals surface area contributed by atoms with Crippen molar-refractivity contribution in [3.63, 3.8) is 0 Å². The summed E-state index contributed by atoms with van der Waals surface area (Å²) in [7, 11) is -3.54. The first kappa shape index (κ1) is 27.5. The van der Waals surface area contributed by atoms with Crippen LogP contribution in [-0.4, -0.2) is 49.1 Å². The number of nitrogens with zero attached hydrogens (tertiary/aromatic N) is 2. The number of benzene rings is 1. The maximum atomic E-state index is 15.2. The summed E-state index contributed by atoms with van der Waals surface area (Å²) in [5.74, 6) is -5.64. The van der Waals surface area contributed by atoms with Gasteiger partial charge in [0.25, 0.3) is 17.4 Å². The molecule has 42 heavy (non-hydrogen) atoms. The number of alkyl halides is 2. The Bertz CT molecular complexity index is 1680. The van der Waals surface area contributed by atoms with Crippen molar-refractivity contribution in [1.82, 2.24) is 9.88 Å². The van der Waals surface area contributed by atoms with Gasteiger partial charge in [-0.3, -0.25) is 19.0 Å². The molecular weight excluding hydrogens is 573 g/mol. The summed E-state index contributed by atoms with van der Waals surface area (Å²) in [4.78, 5) is 42.0. The van der Waals surface area contributed by atoms with Crippen LogP contribution in [0.25, 0.3) is 0 Å². The van der Waals surface area contributed by atoms with E-state index in [1.807, 2.05) is 4.90 Å². The predicted molar refractivity (Wildman–Crippen MR) is 147 cm³/mol. The van der Waals surface area contributed by atoms with Gasteiger partial charge in [0.2, 0.25) is 5.92 Å². The van der Waals surface area contributed by atoms with Crippen molar-refractivity contribution in [3.05, 3.63) is 51.7 Å². The van der Waals surface area contributed by atoms with E-state index in [-0.39, 0.29) is 23.3 Å². The highest BCUT2D eigenvalue weighted by molar-refractivity contribution is 7.92. The van der Waals surface area contributed by atoms with Crippen molar-refractivity contribution in [2.75, 3.05) is 23.3 Å². The van der Waals surface area contributed by atoms with Gasteiger partial charge in [0.1, 0.15) is 17.0 Å². The van der Waals surface area contributed by atoms with Crippen molar-refractivity contribution >= 4 is 33.0 Å². The third kappa shape index (κ3) is 4.42. The van der Waals surface area contributed by atoms with Gasteiger partial charge in [0.15, 0.2) is 15.7 Å². The van der Waals surface area contributed by atoms with Crippen molar-refractivity contribution < 1.29 is 31.2 Å². The van der Waals surface area contributed by atoms with Crippen LogP contribution >= 0.6 is 0 Å². The number of rotatable bonds is 5. The average molecular weight is 605 g/mol. The Morgan fingerprint density at radius 1 is 0.952 bits per heavy atom. The molecule has 2 spiro atoms. The number of amides is 2. The van der Waals surface area contributed by atoms with E-state index in [9.17, 15) is 31.6 Å². The van der Waals surface area contributed by atoms with Crippen LogP contribution in [0.1, 0.15) is 85.1 Å². The van der Waals surface area contributed by atoms with Crippen molar-refractivity contribution in [2.45, 2.75) is 85.9 Å². The predicted octanol–water partition coefficient (Wildman–Crippen LogP) is 4.16. The van der Waals surface area contributed by atoms with Crippen molar-refractivity contribution in [3.8, 4) is 0 Å². The molecule has 3 aliphatic carbocycles. The Labute approximate surface area is 240 Å². The summed E-state index contributed by atoms with van der Waals surface area (Å²) in [6, 6.07) is 5.09. The van der Waals surface area contributed by atoms with E-state index in [1.54, 1.807) is 0 Å². The summed E-state index contributed by atoms with van der Waals surface area (Å²) in [5, 5.41) is 4.58. The van der Waals surface area contributed by atoms with Crippen LogP contribution in [0.5, 0.6) is 0 Å². The van der Waals surface area contributed by atoms with Crippen LogP contribution in [-0.2, 0) is 15.5 Å². The largest absolute Gasteiger partial charge is 0.371 e. The lowest BCUT2D eigenvalue weighted by Gasteiger charge is -2.38. The number of piperidine rings is 1. The van der Waals surface area contributed by atoms with E-state index in [0.717, 1.165) is 36.3 Å². The minimum Gasteiger partial charge on any atom is -0.371 e. The average Bonchev–Trinajstić information content (AvgIpc) is 3.89. The first-order valence-corrected chi connectivity index (χ1v) is 16.0. The molecular formula is C29H31F3N4O5S. The fraction of sp³-hybridized carbons (Fsp3) is 0.552. The molecule has 4 fully saturated rings. The Hall–Kier alpha value is -3.35. The minimum absolute atomic E-state index is 0.128. The van der Waals surface area contributed by atoms with Gasteiger partial charge in [-0.05, 0) is 75.0 Å². The van der Waals surface area contributed by atoms with E-state index in [1.165, 1.54) is 18.2 Å². The normalized spacial score (nSPS) is 23.5. The molecule has 2 aliphatic heterocycles. The zero-order chi connectivity index (χ0) is 29.7. The van der Waals surface area contributed by atoms with Crippen LogP contribution in [0, 0.1) is 11.2 Å². The minimum atomic E-state index is -3.54. The first-order valence-electron chi connectivity index (χ1n) is 14.4.